The molecule has 1 fully saturated rings. The molecular weight excluding hydrogens is 318 g/mol. The molecule has 2 unspecified atom stereocenters. The van der Waals surface area contributed by atoms with Crippen molar-refractivity contribution in [1.82, 2.24) is 4.90 Å². The van der Waals surface area contributed by atoms with Gasteiger partial charge in [-0.3, -0.25) is 4.90 Å². The summed E-state index contributed by atoms with van der Waals surface area (Å²) >= 11 is 9.67. The highest BCUT2D eigenvalue weighted by atomic mass is 79.9. The number of rotatable bonds is 3. The normalized spacial score (nSPS) is 25.3. The largest absolute Gasteiger partial charge is 0.394 e. The van der Waals surface area contributed by atoms with E-state index in [1.807, 2.05) is 18.2 Å². The third kappa shape index (κ3) is 3.45. The zero-order valence-electron chi connectivity index (χ0n) is 10.3. The molecular formula is C13H17BrClNO2. The molecule has 1 N–H and O–H groups in total. The Kier molecular flexibility index (Phi) is 5.04. The van der Waals surface area contributed by atoms with Crippen LogP contribution in [-0.2, 0) is 11.3 Å². The van der Waals surface area contributed by atoms with Gasteiger partial charge in [-0.1, -0.05) is 27.5 Å². The van der Waals surface area contributed by atoms with E-state index < -0.39 is 0 Å². The van der Waals surface area contributed by atoms with Crippen LogP contribution in [0.4, 0.5) is 0 Å². The van der Waals surface area contributed by atoms with Crippen molar-refractivity contribution >= 4 is 27.5 Å². The Morgan fingerprint density at radius 2 is 2.33 bits per heavy atom. The molecule has 1 aromatic carbocycles. The fourth-order valence-corrected chi connectivity index (χ4v) is 2.67. The monoisotopic (exact) mass is 333 g/mol. The molecule has 1 aliphatic rings. The minimum Gasteiger partial charge on any atom is -0.394 e. The van der Waals surface area contributed by atoms with Gasteiger partial charge in [0.2, 0.25) is 0 Å². The van der Waals surface area contributed by atoms with Gasteiger partial charge in [0.25, 0.3) is 0 Å². The molecule has 1 heterocycles. The van der Waals surface area contributed by atoms with E-state index in [1.165, 1.54) is 0 Å². The van der Waals surface area contributed by atoms with Gasteiger partial charge >= 0.3 is 0 Å². The molecule has 0 radical (unpaired) electrons. The summed E-state index contributed by atoms with van der Waals surface area (Å²) in [5.74, 6) is 0. The third-order valence-corrected chi connectivity index (χ3v) is 4.08. The zero-order valence-corrected chi connectivity index (χ0v) is 12.6. The minimum atomic E-state index is -0.0906. The van der Waals surface area contributed by atoms with Crippen LogP contribution in [0.3, 0.4) is 0 Å². The van der Waals surface area contributed by atoms with Gasteiger partial charge in [-0.15, -0.1) is 0 Å². The molecule has 3 nitrogen and oxygen atoms in total. The van der Waals surface area contributed by atoms with Crippen LogP contribution in [-0.4, -0.2) is 41.9 Å². The first-order valence-corrected chi connectivity index (χ1v) is 7.17. The summed E-state index contributed by atoms with van der Waals surface area (Å²) in [6.07, 6.45) is -0.0906. The number of morpholine rings is 1. The lowest BCUT2D eigenvalue weighted by Crippen LogP contribution is -2.48. The number of hydrogen-bond acceptors (Lipinski definition) is 3. The van der Waals surface area contributed by atoms with Gasteiger partial charge in [-0.25, -0.2) is 0 Å². The molecule has 0 spiro atoms. The number of aliphatic hydroxyl groups is 1. The predicted octanol–water partition coefficient (Wildman–Crippen LogP) is 2.68. The van der Waals surface area contributed by atoms with Crippen molar-refractivity contribution in [3.8, 4) is 0 Å². The summed E-state index contributed by atoms with van der Waals surface area (Å²) in [7, 11) is 0. The topological polar surface area (TPSA) is 32.7 Å². The first-order valence-electron chi connectivity index (χ1n) is 6.00. The zero-order chi connectivity index (χ0) is 13.1. The molecule has 1 aliphatic heterocycles. The first-order chi connectivity index (χ1) is 8.60. The molecule has 0 amide bonds. The molecule has 2 atom stereocenters. The first kappa shape index (κ1) is 14.3. The molecule has 0 saturated carbocycles. The van der Waals surface area contributed by atoms with Gasteiger partial charge in [0.1, 0.15) is 0 Å². The summed E-state index contributed by atoms with van der Waals surface area (Å²) < 4.78 is 6.56. The maximum absolute atomic E-state index is 9.17. The molecule has 0 aromatic heterocycles. The highest BCUT2D eigenvalue weighted by Crippen LogP contribution is 2.24. The average Bonchev–Trinajstić information content (AvgIpc) is 2.36. The molecule has 0 bridgehead atoms. The second-order valence-corrected chi connectivity index (χ2v) is 5.97. The molecule has 5 heteroatoms. The third-order valence-electron chi connectivity index (χ3n) is 3.22. The SMILES string of the molecule is CC1COC(CO)CN1Cc1cc(Br)ccc1Cl. The number of hydrogen-bond donors (Lipinski definition) is 1. The molecule has 1 aromatic rings. The van der Waals surface area contributed by atoms with Crippen LogP contribution in [0.25, 0.3) is 0 Å². The summed E-state index contributed by atoms with van der Waals surface area (Å²) in [5.41, 5.74) is 1.09. The van der Waals surface area contributed by atoms with E-state index in [0.29, 0.717) is 12.6 Å². The summed E-state index contributed by atoms with van der Waals surface area (Å²) in [6, 6.07) is 6.21. The van der Waals surface area contributed by atoms with E-state index in [2.05, 4.69) is 27.8 Å². The Morgan fingerprint density at radius 1 is 1.56 bits per heavy atom. The molecule has 0 aliphatic carbocycles. The summed E-state index contributed by atoms with van der Waals surface area (Å²) in [4.78, 5) is 2.29. The van der Waals surface area contributed by atoms with E-state index >= 15 is 0 Å². The van der Waals surface area contributed by atoms with Crippen LogP contribution in [0.2, 0.25) is 5.02 Å². The Balaban J connectivity index is 2.09. The number of nitrogens with zero attached hydrogens (tertiary/aromatic N) is 1. The number of halogens is 2. The van der Waals surface area contributed by atoms with Gasteiger partial charge < -0.3 is 9.84 Å². The van der Waals surface area contributed by atoms with Gasteiger partial charge in [-0.05, 0) is 30.7 Å². The van der Waals surface area contributed by atoms with Crippen molar-refractivity contribution in [2.75, 3.05) is 19.8 Å². The predicted molar refractivity (Wildman–Crippen MR) is 75.8 cm³/mol. The summed E-state index contributed by atoms with van der Waals surface area (Å²) in [5, 5.41) is 9.95. The van der Waals surface area contributed by atoms with Crippen molar-refractivity contribution in [2.24, 2.45) is 0 Å². The second kappa shape index (κ2) is 6.35. The van der Waals surface area contributed by atoms with Crippen LogP contribution >= 0.6 is 27.5 Å². The Bertz CT molecular complexity index is 416. The Labute approximate surface area is 121 Å². The van der Waals surface area contributed by atoms with E-state index in [0.717, 1.165) is 28.1 Å². The lowest BCUT2D eigenvalue weighted by Gasteiger charge is -2.37. The molecule has 1 saturated heterocycles. The van der Waals surface area contributed by atoms with Gasteiger partial charge in [-0.2, -0.15) is 0 Å². The molecule has 100 valence electrons. The average molecular weight is 335 g/mol. The van der Waals surface area contributed by atoms with E-state index in [-0.39, 0.29) is 12.7 Å². The highest BCUT2D eigenvalue weighted by Gasteiger charge is 2.25. The number of benzene rings is 1. The standard InChI is InChI=1S/C13H17BrClNO2/c1-9-8-18-12(7-17)6-16(9)5-10-4-11(14)2-3-13(10)15/h2-4,9,12,17H,5-8H2,1H3. The van der Waals surface area contributed by atoms with Crippen LogP contribution in [0.15, 0.2) is 22.7 Å². The van der Waals surface area contributed by atoms with Gasteiger partial charge in [0.05, 0.1) is 19.3 Å². The molecule has 2 rings (SSSR count). The van der Waals surface area contributed by atoms with Crippen molar-refractivity contribution in [3.05, 3.63) is 33.3 Å². The van der Waals surface area contributed by atoms with Crippen molar-refractivity contribution < 1.29 is 9.84 Å². The van der Waals surface area contributed by atoms with Crippen molar-refractivity contribution in [3.63, 3.8) is 0 Å². The van der Waals surface area contributed by atoms with Crippen LogP contribution in [0.1, 0.15) is 12.5 Å². The fourth-order valence-electron chi connectivity index (χ4n) is 2.09. The van der Waals surface area contributed by atoms with Crippen molar-refractivity contribution in [1.29, 1.82) is 0 Å². The van der Waals surface area contributed by atoms with E-state index in [1.54, 1.807) is 0 Å². The quantitative estimate of drug-likeness (QED) is 0.922. The van der Waals surface area contributed by atoms with E-state index in [4.69, 9.17) is 16.3 Å². The lowest BCUT2D eigenvalue weighted by atomic mass is 10.1. The van der Waals surface area contributed by atoms with Crippen LogP contribution in [0.5, 0.6) is 0 Å². The van der Waals surface area contributed by atoms with Gasteiger partial charge in [0, 0.05) is 28.6 Å². The smallest absolute Gasteiger partial charge is 0.0933 e. The van der Waals surface area contributed by atoms with E-state index in [9.17, 15) is 5.11 Å². The maximum atomic E-state index is 9.17. The Morgan fingerprint density at radius 3 is 3.06 bits per heavy atom. The lowest BCUT2D eigenvalue weighted by molar-refractivity contribution is -0.0805. The van der Waals surface area contributed by atoms with Crippen molar-refractivity contribution in [2.45, 2.75) is 25.6 Å². The van der Waals surface area contributed by atoms with Crippen LogP contribution < -0.4 is 0 Å². The number of ether oxygens (including phenoxy) is 1. The summed E-state index contributed by atoms with van der Waals surface area (Å²) in [6.45, 7) is 4.35. The van der Waals surface area contributed by atoms with Gasteiger partial charge in [0.15, 0.2) is 0 Å². The second-order valence-electron chi connectivity index (χ2n) is 4.65. The minimum absolute atomic E-state index is 0.0649. The Hall–Kier alpha value is -0.130. The number of aliphatic hydroxyl groups excluding tert-OH is 1. The maximum Gasteiger partial charge on any atom is 0.0933 e. The van der Waals surface area contributed by atoms with Crippen LogP contribution in [0, 0.1) is 0 Å². The highest BCUT2D eigenvalue weighted by molar-refractivity contribution is 9.10. The molecule has 18 heavy (non-hydrogen) atoms. The fraction of sp³-hybridized carbons (Fsp3) is 0.538.